The molecule has 0 unspecified atom stereocenters. The molecule has 1 aromatic carbocycles. The molecule has 2 aromatic rings. The first kappa shape index (κ1) is 13.6. The van der Waals surface area contributed by atoms with Crippen LogP contribution in [0.25, 0.3) is 0 Å². The molecule has 0 atom stereocenters. The van der Waals surface area contributed by atoms with E-state index in [2.05, 4.69) is 21.4 Å². The molecule has 0 spiro atoms. The van der Waals surface area contributed by atoms with Crippen LogP contribution in [0, 0.1) is 25.2 Å². The fourth-order valence-electron chi connectivity index (χ4n) is 1.81. The van der Waals surface area contributed by atoms with Gasteiger partial charge < -0.3 is 15.8 Å². The van der Waals surface area contributed by atoms with Crippen LogP contribution in [0.3, 0.4) is 0 Å². The second-order valence-corrected chi connectivity index (χ2v) is 4.25. The van der Waals surface area contributed by atoms with Crippen molar-refractivity contribution in [1.29, 1.82) is 5.26 Å². The van der Waals surface area contributed by atoms with Crippen molar-refractivity contribution >= 4 is 17.3 Å². The first-order chi connectivity index (χ1) is 9.56. The summed E-state index contributed by atoms with van der Waals surface area (Å²) in [6.45, 7) is 3.58. The SMILES string of the molecule is COc1cccc(C#N)c1Nc1nc(C)nc(N)c1C. The Morgan fingerprint density at radius 2 is 2.05 bits per heavy atom. The number of hydrogen-bond acceptors (Lipinski definition) is 6. The third-order valence-electron chi connectivity index (χ3n) is 2.91. The van der Waals surface area contributed by atoms with Crippen LogP contribution >= 0.6 is 0 Å². The number of nitrogens with two attached hydrogens (primary N) is 1. The maximum absolute atomic E-state index is 9.19. The minimum absolute atomic E-state index is 0.411. The highest BCUT2D eigenvalue weighted by atomic mass is 16.5. The summed E-state index contributed by atoms with van der Waals surface area (Å²) in [4.78, 5) is 8.40. The second-order valence-electron chi connectivity index (χ2n) is 4.25. The molecule has 6 heteroatoms. The van der Waals surface area contributed by atoms with Crippen molar-refractivity contribution in [2.75, 3.05) is 18.2 Å². The van der Waals surface area contributed by atoms with Gasteiger partial charge in [0.1, 0.15) is 35.0 Å². The maximum Gasteiger partial charge on any atom is 0.143 e. The van der Waals surface area contributed by atoms with Crippen LogP contribution < -0.4 is 15.8 Å². The van der Waals surface area contributed by atoms with Gasteiger partial charge in [0, 0.05) is 5.56 Å². The van der Waals surface area contributed by atoms with Gasteiger partial charge in [0.2, 0.25) is 0 Å². The minimum Gasteiger partial charge on any atom is -0.495 e. The lowest BCUT2D eigenvalue weighted by Gasteiger charge is -2.14. The second kappa shape index (κ2) is 5.45. The number of nitrogens with zero attached hydrogens (tertiary/aromatic N) is 3. The summed E-state index contributed by atoms with van der Waals surface area (Å²) < 4.78 is 5.27. The first-order valence-corrected chi connectivity index (χ1v) is 6.01. The fourth-order valence-corrected chi connectivity index (χ4v) is 1.81. The molecule has 0 aliphatic heterocycles. The Hall–Kier alpha value is -2.81. The fraction of sp³-hybridized carbons (Fsp3) is 0.214. The van der Waals surface area contributed by atoms with Crippen LogP contribution in [0.4, 0.5) is 17.3 Å². The summed E-state index contributed by atoms with van der Waals surface area (Å²) in [6.07, 6.45) is 0. The Morgan fingerprint density at radius 1 is 1.30 bits per heavy atom. The van der Waals surface area contributed by atoms with Crippen molar-refractivity contribution in [1.82, 2.24) is 9.97 Å². The number of hydrogen-bond donors (Lipinski definition) is 2. The number of anilines is 3. The largest absolute Gasteiger partial charge is 0.495 e. The van der Waals surface area contributed by atoms with E-state index in [1.165, 1.54) is 0 Å². The molecule has 1 heterocycles. The minimum atomic E-state index is 0.411. The highest BCUT2D eigenvalue weighted by molar-refractivity contribution is 5.74. The third-order valence-corrected chi connectivity index (χ3v) is 2.91. The molecule has 102 valence electrons. The zero-order chi connectivity index (χ0) is 14.7. The molecule has 0 bridgehead atoms. The summed E-state index contributed by atoms with van der Waals surface area (Å²) in [5.41, 5.74) is 7.59. The third kappa shape index (κ3) is 2.47. The van der Waals surface area contributed by atoms with Crippen molar-refractivity contribution in [2.24, 2.45) is 0 Å². The van der Waals surface area contributed by atoms with Gasteiger partial charge in [-0.05, 0) is 26.0 Å². The zero-order valence-electron chi connectivity index (χ0n) is 11.6. The van der Waals surface area contributed by atoms with Crippen molar-refractivity contribution in [3.05, 3.63) is 35.2 Å². The number of benzene rings is 1. The molecule has 0 fully saturated rings. The number of rotatable bonds is 3. The van der Waals surface area contributed by atoms with Crippen LogP contribution in [0.15, 0.2) is 18.2 Å². The van der Waals surface area contributed by atoms with E-state index in [1.54, 1.807) is 32.2 Å². The summed E-state index contributed by atoms with van der Waals surface area (Å²) in [7, 11) is 1.55. The molecule has 0 saturated heterocycles. The molecule has 3 N–H and O–H groups in total. The number of para-hydroxylation sites is 1. The molecular formula is C14H15N5O. The van der Waals surface area contributed by atoms with Crippen LogP contribution in [0.1, 0.15) is 17.0 Å². The van der Waals surface area contributed by atoms with Gasteiger partial charge >= 0.3 is 0 Å². The molecule has 0 aliphatic rings. The monoisotopic (exact) mass is 269 g/mol. The van der Waals surface area contributed by atoms with Gasteiger partial charge in [-0.3, -0.25) is 0 Å². The topological polar surface area (TPSA) is 96.8 Å². The smallest absolute Gasteiger partial charge is 0.143 e. The van der Waals surface area contributed by atoms with Crippen molar-refractivity contribution in [2.45, 2.75) is 13.8 Å². The molecule has 6 nitrogen and oxygen atoms in total. The van der Waals surface area contributed by atoms with Crippen LogP contribution in [0.5, 0.6) is 5.75 Å². The van der Waals surface area contributed by atoms with Crippen molar-refractivity contribution in [3.8, 4) is 11.8 Å². The normalized spacial score (nSPS) is 9.90. The lowest BCUT2D eigenvalue weighted by Crippen LogP contribution is -2.06. The van der Waals surface area contributed by atoms with E-state index in [9.17, 15) is 5.26 Å². The Morgan fingerprint density at radius 3 is 2.70 bits per heavy atom. The Kier molecular flexibility index (Phi) is 3.71. The highest BCUT2D eigenvalue weighted by Gasteiger charge is 2.13. The van der Waals surface area contributed by atoms with Gasteiger partial charge in [-0.25, -0.2) is 9.97 Å². The standard InChI is InChI=1S/C14H15N5O/c1-8-13(16)17-9(2)18-14(8)19-12-10(7-15)5-4-6-11(12)20-3/h4-6H,1-3H3,(H3,16,17,18,19). The number of nitriles is 1. The van der Waals surface area contributed by atoms with Crippen LogP contribution in [0.2, 0.25) is 0 Å². The lowest BCUT2D eigenvalue weighted by atomic mass is 10.1. The lowest BCUT2D eigenvalue weighted by molar-refractivity contribution is 0.416. The molecule has 20 heavy (non-hydrogen) atoms. The predicted octanol–water partition coefficient (Wildman–Crippen LogP) is 2.30. The molecule has 0 saturated carbocycles. The van der Waals surface area contributed by atoms with Crippen LogP contribution in [-0.4, -0.2) is 17.1 Å². The van der Waals surface area contributed by atoms with Gasteiger partial charge in [0.05, 0.1) is 12.7 Å². The Labute approximate surface area is 117 Å². The van der Waals surface area contributed by atoms with Crippen molar-refractivity contribution < 1.29 is 4.74 Å². The van der Waals surface area contributed by atoms with Gasteiger partial charge in [-0.2, -0.15) is 5.26 Å². The maximum atomic E-state index is 9.19. The van der Waals surface area contributed by atoms with E-state index in [4.69, 9.17) is 10.5 Å². The summed E-state index contributed by atoms with van der Waals surface area (Å²) in [6, 6.07) is 7.36. The van der Waals surface area contributed by atoms with E-state index >= 15 is 0 Å². The average Bonchev–Trinajstić information content (AvgIpc) is 2.44. The molecule has 0 amide bonds. The number of aromatic nitrogens is 2. The van der Waals surface area contributed by atoms with Crippen molar-refractivity contribution in [3.63, 3.8) is 0 Å². The highest BCUT2D eigenvalue weighted by Crippen LogP contribution is 2.32. The van der Waals surface area contributed by atoms with Gasteiger partial charge in [0.25, 0.3) is 0 Å². The van der Waals surface area contributed by atoms with Gasteiger partial charge in [-0.15, -0.1) is 0 Å². The van der Waals surface area contributed by atoms with Gasteiger partial charge in [0.15, 0.2) is 0 Å². The van der Waals surface area contributed by atoms with Gasteiger partial charge in [-0.1, -0.05) is 6.07 Å². The number of nitrogen functional groups attached to an aromatic ring is 1. The van der Waals surface area contributed by atoms with Crippen LogP contribution in [-0.2, 0) is 0 Å². The summed E-state index contributed by atoms with van der Waals surface area (Å²) in [5.74, 6) is 2.10. The average molecular weight is 269 g/mol. The zero-order valence-corrected chi connectivity index (χ0v) is 11.6. The number of aryl methyl sites for hydroxylation is 1. The molecular weight excluding hydrogens is 254 g/mol. The molecule has 0 aliphatic carbocycles. The molecule has 2 rings (SSSR count). The first-order valence-electron chi connectivity index (χ1n) is 6.01. The van der Waals surface area contributed by atoms with E-state index in [-0.39, 0.29) is 0 Å². The number of nitrogens with one attached hydrogen (secondary N) is 1. The summed E-state index contributed by atoms with van der Waals surface area (Å²) in [5, 5.41) is 12.3. The Balaban J connectivity index is 2.53. The van der Waals surface area contributed by atoms with E-state index < -0.39 is 0 Å². The Bertz CT molecular complexity index is 691. The molecule has 1 aromatic heterocycles. The quantitative estimate of drug-likeness (QED) is 0.887. The van der Waals surface area contributed by atoms with E-state index in [0.717, 1.165) is 5.56 Å². The van der Waals surface area contributed by atoms with E-state index in [0.29, 0.717) is 34.5 Å². The van der Waals surface area contributed by atoms with E-state index in [1.807, 2.05) is 6.92 Å². The summed E-state index contributed by atoms with van der Waals surface area (Å²) >= 11 is 0. The predicted molar refractivity (Wildman–Crippen MR) is 76.9 cm³/mol. The number of ether oxygens (including phenoxy) is 1. The molecule has 0 radical (unpaired) electrons. The number of methoxy groups -OCH3 is 1.